The molecule has 0 spiro atoms. The van der Waals surface area contributed by atoms with Crippen LogP contribution in [-0.2, 0) is 0 Å². The third-order valence-corrected chi connectivity index (χ3v) is 2.53. The van der Waals surface area contributed by atoms with Crippen LogP contribution in [0.1, 0.15) is 20.8 Å². The molecule has 0 amide bonds. The average molecular weight is 140 g/mol. The Labute approximate surface area is 60.5 Å². The van der Waals surface area contributed by atoms with Gasteiger partial charge in [0.05, 0.1) is 0 Å². The van der Waals surface area contributed by atoms with Gasteiger partial charge in [0.2, 0.25) is 0 Å². The third kappa shape index (κ3) is 7.70. The molecule has 9 heavy (non-hydrogen) atoms. The van der Waals surface area contributed by atoms with Crippen LogP contribution >= 0.6 is 0 Å². The normalized spacial score (nSPS) is 13.8. The molecule has 0 saturated heterocycles. The van der Waals surface area contributed by atoms with E-state index in [9.17, 15) is 0 Å². The fourth-order valence-corrected chi connectivity index (χ4v) is 1.40. The molecular formula is C8H16Si. The van der Waals surface area contributed by atoms with Crippen molar-refractivity contribution in [1.29, 1.82) is 0 Å². The first kappa shape index (κ1) is 8.70. The van der Waals surface area contributed by atoms with E-state index in [0.717, 1.165) is 5.54 Å². The van der Waals surface area contributed by atoms with E-state index >= 15 is 0 Å². The molecule has 0 radical (unpaired) electrons. The van der Waals surface area contributed by atoms with Crippen LogP contribution in [0.3, 0.4) is 0 Å². The predicted octanol–water partition coefficient (Wildman–Crippen LogP) is 2.07. The molecular weight excluding hydrogens is 124 g/mol. The minimum atomic E-state index is 0.0940. The molecule has 0 aromatic heterocycles. The van der Waals surface area contributed by atoms with E-state index in [2.05, 4.69) is 37.8 Å². The lowest BCUT2D eigenvalue weighted by atomic mass is 10.5. The number of allylic oxidation sites excluding steroid dienone is 3. The van der Waals surface area contributed by atoms with Crippen molar-refractivity contribution in [1.82, 2.24) is 0 Å². The Hall–Kier alpha value is -0.303. The third-order valence-electron chi connectivity index (χ3n) is 1.05. The second-order valence-electron chi connectivity index (χ2n) is 2.58. The van der Waals surface area contributed by atoms with E-state index < -0.39 is 0 Å². The zero-order valence-corrected chi connectivity index (χ0v) is 8.01. The molecule has 52 valence electrons. The highest BCUT2D eigenvalue weighted by atomic mass is 28.2. The number of hydrogen-bond acceptors (Lipinski definition) is 0. The second kappa shape index (κ2) is 5.83. The van der Waals surface area contributed by atoms with Crippen molar-refractivity contribution in [2.75, 3.05) is 0 Å². The highest BCUT2D eigenvalue weighted by Gasteiger charge is 1.85. The van der Waals surface area contributed by atoms with Gasteiger partial charge in [0.1, 0.15) is 0 Å². The lowest BCUT2D eigenvalue weighted by Gasteiger charge is -1.92. The highest BCUT2D eigenvalue weighted by molar-refractivity contribution is 6.43. The molecule has 0 aromatic rings. The molecule has 0 heterocycles. The SMILES string of the molecule is CC=CC=C[SiH2]C(C)C. The summed E-state index contributed by atoms with van der Waals surface area (Å²) in [7, 11) is 0.0940. The molecule has 0 aliphatic heterocycles. The number of hydrogen-bond donors (Lipinski definition) is 0. The minimum Gasteiger partial charge on any atom is -0.101 e. The molecule has 0 aliphatic rings. The van der Waals surface area contributed by atoms with Crippen LogP contribution in [0.25, 0.3) is 0 Å². The summed E-state index contributed by atoms with van der Waals surface area (Å²) in [5.74, 6) is 0. The van der Waals surface area contributed by atoms with Crippen molar-refractivity contribution in [3.8, 4) is 0 Å². The van der Waals surface area contributed by atoms with Gasteiger partial charge in [-0.05, 0) is 6.92 Å². The first-order valence-electron chi connectivity index (χ1n) is 3.55. The Balaban J connectivity index is 3.25. The van der Waals surface area contributed by atoms with E-state index in [1.54, 1.807) is 0 Å². The van der Waals surface area contributed by atoms with Crippen molar-refractivity contribution in [2.24, 2.45) is 0 Å². The monoisotopic (exact) mass is 140 g/mol. The lowest BCUT2D eigenvalue weighted by molar-refractivity contribution is 1.07. The predicted molar refractivity (Wildman–Crippen MR) is 47.6 cm³/mol. The molecule has 0 nitrogen and oxygen atoms in total. The Morgan fingerprint density at radius 2 is 1.89 bits per heavy atom. The highest BCUT2D eigenvalue weighted by Crippen LogP contribution is 1.96. The smallest absolute Gasteiger partial charge is 0.0479 e. The van der Waals surface area contributed by atoms with E-state index in [1.165, 1.54) is 0 Å². The maximum absolute atomic E-state index is 2.34. The summed E-state index contributed by atoms with van der Waals surface area (Å²) >= 11 is 0. The molecule has 0 rings (SSSR count). The van der Waals surface area contributed by atoms with Crippen LogP contribution in [0.2, 0.25) is 5.54 Å². The zero-order chi connectivity index (χ0) is 7.11. The van der Waals surface area contributed by atoms with E-state index in [0.29, 0.717) is 0 Å². The summed E-state index contributed by atoms with van der Waals surface area (Å²) in [5, 5.41) is 0. The van der Waals surface area contributed by atoms with Gasteiger partial charge in [-0.25, -0.2) is 0 Å². The Morgan fingerprint density at radius 1 is 1.22 bits per heavy atom. The van der Waals surface area contributed by atoms with Crippen molar-refractivity contribution < 1.29 is 0 Å². The lowest BCUT2D eigenvalue weighted by Crippen LogP contribution is -1.88. The van der Waals surface area contributed by atoms with Gasteiger partial charge >= 0.3 is 0 Å². The zero-order valence-electron chi connectivity index (χ0n) is 6.59. The maximum Gasteiger partial charge on any atom is 0.0479 e. The van der Waals surface area contributed by atoms with Crippen LogP contribution < -0.4 is 0 Å². The van der Waals surface area contributed by atoms with Crippen LogP contribution in [0.4, 0.5) is 0 Å². The van der Waals surface area contributed by atoms with Crippen molar-refractivity contribution in [3.63, 3.8) is 0 Å². The summed E-state index contributed by atoms with van der Waals surface area (Å²) in [4.78, 5) is 0. The first-order chi connectivity index (χ1) is 4.27. The van der Waals surface area contributed by atoms with Gasteiger partial charge in [0.25, 0.3) is 0 Å². The first-order valence-corrected chi connectivity index (χ1v) is 5.18. The Bertz CT molecular complexity index is 101. The van der Waals surface area contributed by atoms with Crippen LogP contribution in [0.5, 0.6) is 0 Å². The van der Waals surface area contributed by atoms with Gasteiger partial charge in [-0.15, -0.1) is 5.70 Å². The van der Waals surface area contributed by atoms with Gasteiger partial charge in [0, 0.05) is 9.52 Å². The fourth-order valence-electron chi connectivity index (χ4n) is 0.540. The van der Waals surface area contributed by atoms with Crippen LogP contribution in [0, 0.1) is 0 Å². The summed E-state index contributed by atoms with van der Waals surface area (Å²) in [6, 6.07) is 0. The van der Waals surface area contributed by atoms with Crippen LogP contribution in [-0.4, -0.2) is 9.52 Å². The van der Waals surface area contributed by atoms with Crippen molar-refractivity contribution in [2.45, 2.75) is 26.3 Å². The molecule has 0 atom stereocenters. The topological polar surface area (TPSA) is 0 Å². The minimum absolute atomic E-state index is 0.0940. The molecule has 0 bridgehead atoms. The second-order valence-corrected chi connectivity index (χ2v) is 5.16. The summed E-state index contributed by atoms with van der Waals surface area (Å²) in [6.07, 6.45) is 6.31. The van der Waals surface area contributed by atoms with Gasteiger partial charge in [-0.1, -0.05) is 37.6 Å². The Morgan fingerprint density at radius 3 is 2.33 bits per heavy atom. The average Bonchev–Trinajstić information content (AvgIpc) is 1.80. The number of rotatable bonds is 3. The van der Waals surface area contributed by atoms with Crippen LogP contribution in [0.15, 0.2) is 23.9 Å². The molecule has 0 aliphatic carbocycles. The van der Waals surface area contributed by atoms with Gasteiger partial charge < -0.3 is 0 Å². The van der Waals surface area contributed by atoms with Gasteiger partial charge in [-0.2, -0.15) is 0 Å². The van der Waals surface area contributed by atoms with Gasteiger partial charge in [-0.3, -0.25) is 0 Å². The van der Waals surface area contributed by atoms with E-state index in [4.69, 9.17) is 0 Å². The summed E-state index contributed by atoms with van der Waals surface area (Å²) < 4.78 is 0. The van der Waals surface area contributed by atoms with Crippen molar-refractivity contribution in [3.05, 3.63) is 23.9 Å². The molecule has 0 unspecified atom stereocenters. The molecule has 0 fully saturated rings. The van der Waals surface area contributed by atoms with E-state index in [1.807, 2.05) is 6.92 Å². The molecule has 1 heteroatoms. The Kier molecular flexibility index (Phi) is 5.63. The summed E-state index contributed by atoms with van der Waals surface area (Å²) in [6.45, 7) is 6.61. The van der Waals surface area contributed by atoms with Gasteiger partial charge in [0.15, 0.2) is 0 Å². The molecule has 0 aromatic carbocycles. The quantitative estimate of drug-likeness (QED) is 0.416. The largest absolute Gasteiger partial charge is 0.101 e. The van der Waals surface area contributed by atoms with Crippen molar-refractivity contribution >= 4 is 9.52 Å². The van der Waals surface area contributed by atoms with E-state index in [-0.39, 0.29) is 9.52 Å². The standard InChI is InChI=1S/C8H16Si/c1-4-5-6-7-9-8(2)3/h4-8H,9H2,1-3H3. The summed E-state index contributed by atoms with van der Waals surface area (Å²) in [5.41, 5.74) is 3.26. The maximum atomic E-state index is 2.34. The molecule has 0 N–H and O–H groups in total. The molecule has 0 saturated carbocycles. The fraction of sp³-hybridized carbons (Fsp3) is 0.500.